The van der Waals surface area contributed by atoms with Crippen LogP contribution in [0.1, 0.15) is 18.9 Å². The van der Waals surface area contributed by atoms with E-state index in [9.17, 15) is 19.7 Å². The van der Waals surface area contributed by atoms with Gasteiger partial charge in [0.2, 0.25) is 6.29 Å². The number of rotatable bonds is 5. The molecule has 3 N–H and O–H groups in total. The first-order chi connectivity index (χ1) is 12.5. The van der Waals surface area contributed by atoms with E-state index in [4.69, 9.17) is 9.47 Å². The van der Waals surface area contributed by atoms with Crippen LogP contribution in [0, 0.1) is 5.82 Å². The van der Waals surface area contributed by atoms with Gasteiger partial charge in [-0.2, -0.15) is 0 Å². The van der Waals surface area contributed by atoms with E-state index < -0.39 is 24.6 Å². The van der Waals surface area contributed by atoms with Gasteiger partial charge in [0.1, 0.15) is 29.9 Å². The van der Waals surface area contributed by atoms with E-state index >= 15 is 0 Å². The number of halogens is 1. The lowest BCUT2D eigenvalue weighted by molar-refractivity contribution is -0.242. The van der Waals surface area contributed by atoms with Crippen LogP contribution in [0.15, 0.2) is 42.5 Å². The molecule has 5 nitrogen and oxygen atoms in total. The Morgan fingerprint density at radius 1 is 1.12 bits per heavy atom. The lowest BCUT2D eigenvalue weighted by Crippen LogP contribution is -2.54. The Morgan fingerprint density at radius 3 is 2.65 bits per heavy atom. The summed E-state index contributed by atoms with van der Waals surface area (Å²) in [6.45, 7) is 1.94. The molecule has 140 valence electrons. The van der Waals surface area contributed by atoms with E-state index in [1.165, 1.54) is 12.1 Å². The lowest BCUT2D eigenvalue weighted by atomic mass is 9.96. The van der Waals surface area contributed by atoms with Crippen LogP contribution in [0.5, 0.6) is 5.75 Å². The molecule has 4 atom stereocenters. The smallest absolute Gasteiger partial charge is 0.228 e. The molecule has 1 aliphatic heterocycles. The molecule has 1 aliphatic rings. The van der Waals surface area contributed by atoms with Crippen molar-refractivity contribution in [1.82, 2.24) is 0 Å². The summed E-state index contributed by atoms with van der Waals surface area (Å²) in [6.07, 6.45) is -3.18. The molecule has 1 unspecified atom stereocenters. The number of aliphatic hydroxyl groups excluding tert-OH is 3. The van der Waals surface area contributed by atoms with Crippen LogP contribution in [0.3, 0.4) is 0 Å². The molecule has 0 spiro atoms. The van der Waals surface area contributed by atoms with Crippen molar-refractivity contribution in [3.05, 3.63) is 53.8 Å². The average Bonchev–Trinajstić information content (AvgIpc) is 2.63. The third-order valence-electron chi connectivity index (χ3n) is 4.44. The second kappa shape index (κ2) is 8.14. The lowest BCUT2D eigenvalue weighted by Gasteiger charge is -2.35. The monoisotopic (exact) mass is 362 g/mol. The molecule has 0 radical (unpaired) electrons. The SMILES string of the molecule is CCCc1ccc(OC2OC[C@@H](O)[C@H](O)[C@H]2O)cc1-c1cccc(F)c1. The largest absolute Gasteiger partial charge is 0.462 e. The van der Waals surface area contributed by atoms with Crippen molar-refractivity contribution < 1.29 is 29.2 Å². The summed E-state index contributed by atoms with van der Waals surface area (Å²) in [5.74, 6) is 0.108. The number of aryl methyl sites for hydroxylation is 1. The first-order valence-electron chi connectivity index (χ1n) is 8.71. The normalized spacial score (nSPS) is 25.9. The van der Waals surface area contributed by atoms with Gasteiger partial charge in [-0.1, -0.05) is 31.5 Å². The maximum Gasteiger partial charge on any atom is 0.228 e. The average molecular weight is 362 g/mol. The van der Waals surface area contributed by atoms with Crippen molar-refractivity contribution in [3.8, 4) is 16.9 Å². The topological polar surface area (TPSA) is 79.2 Å². The molecule has 3 rings (SSSR count). The second-order valence-electron chi connectivity index (χ2n) is 6.45. The number of benzene rings is 2. The van der Waals surface area contributed by atoms with Gasteiger partial charge in [0.15, 0.2) is 0 Å². The molecule has 26 heavy (non-hydrogen) atoms. The van der Waals surface area contributed by atoms with Crippen molar-refractivity contribution in [2.45, 2.75) is 44.4 Å². The fraction of sp³-hybridized carbons (Fsp3) is 0.400. The molecule has 2 aromatic rings. The predicted molar refractivity (Wildman–Crippen MR) is 94.2 cm³/mol. The van der Waals surface area contributed by atoms with Crippen LogP contribution in [-0.2, 0) is 11.2 Å². The van der Waals surface area contributed by atoms with Gasteiger partial charge in [0.05, 0.1) is 6.61 Å². The van der Waals surface area contributed by atoms with E-state index in [0.29, 0.717) is 5.75 Å². The molecule has 1 fully saturated rings. The molecule has 1 heterocycles. The molecule has 0 aliphatic carbocycles. The molecule has 6 heteroatoms. The highest BCUT2D eigenvalue weighted by atomic mass is 19.1. The van der Waals surface area contributed by atoms with Crippen molar-refractivity contribution in [2.75, 3.05) is 6.61 Å². The summed E-state index contributed by atoms with van der Waals surface area (Å²) in [4.78, 5) is 0. The third-order valence-corrected chi connectivity index (χ3v) is 4.44. The molecule has 0 bridgehead atoms. The summed E-state index contributed by atoms with van der Waals surface area (Å²) >= 11 is 0. The molecule has 0 saturated carbocycles. The standard InChI is InChI=1S/C20H23FO5/c1-2-4-12-7-8-15(10-16(12)13-5-3-6-14(21)9-13)26-20-19(24)18(23)17(22)11-25-20/h3,5-10,17-20,22-24H,2,4,11H2,1H3/t17-,18+,19-,20?/m1/s1. The van der Waals surface area contributed by atoms with Gasteiger partial charge >= 0.3 is 0 Å². The third kappa shape index (κ3) is 4.04. The van der Waals surface area contributed by atoms with Crippen LogP contribution in [0.25, 0.3) is 11.1 Å². The van der Waals surface area contributed by atoms with Crippen LogP contribution < -0.4 is 4.74 Å². The zero-order valence-corrected chi connectivity index (χ0v) is 14.5. The Bertz CT molecular complexity index is 751. The van der Waals surface area contributed by atoms with Crippen molar-refractivity contribution >= 4 is 0 Å². The van der Waals surface area contributed by atoms with Crippen LogP contribution in [-0.4, -0.2) is 46.5 Å². The summed E-state index contributed by atoms with van der Waals surface area (Å²) in [5.41, 5.74) is 2.64. The highest BCUT2D eigenvalue weighted by Gasteiger charge is 2.39. The first kappa shape index (κ1) is 18.8. The van der Waals surface area contributed by atoms with Gasteiger partial charge in [0.25, 0.3) is 0 Å². The van der Waals surface area contributed by atoms with Crippen LogP contribution >= 0.6 is 0 Å². The molecule has 0 amide bonds. The predicted octanol–water partition coefficient (Wildman–Crippen LogP) is 2.26. The van der Waals surface area contributed by atoms with Gasteiger partial charge in [-0.3, -0.25) is 0 Å². The van der Waals surface area contributed by atoms with E-state index in [2.05, 4.69) is 6.92 Å². The Balaban J connectivity index is 1.88. The van der Waals surface area contributed by atoms with Crippen LogP contribution in [0.4, 0.5) is 4.39 Å². The van der Waals surface area contributed by atoms with Gasteiger partial charge in [-0.05, 0) is 47.4 Å². The maximum absolute atomic E-state index is 13.6. The number of hydrogen-bond donors (Lipinski definition) is 3. The number of hydrogen-bond acceptors (Lipinski definition) is 5. The molecule has 1 saturated heterocycles. The Kier molecular flexibility index (Phi) is 5.88. The fourth-order valence-corrected chi connectivity index (χ4v) is 3.06. The maximum atomic E-state index is 13.6. The minimum Gasteiger partial charge on any atom is -0.462 e. The van der Waals surface area contributed by atoms with Crippen molar-refractivity contribution in [3.63, 3.8) is 0 Å². The zero-order chi connectivity index (χ0) is 18.7. The van der Waals surface area contributed by atoms with E-state index in [1.807, 2.05) is 12.1 Å². The van der Waals surface area contributed by atoms with Gasteiger partial charge in [-0.25, -0.2) is 4.39 Å². The number of aliphatic hydroxyl groups is 3. The first-order valence-corrected chi connectivity index (χ1v) is 8.71. The van der Waals surface area contributed by atoms with Gasteiger partial charge in [0, 0.05) is 0 Å². The minimum absolute atomic E-state index is 0.131. The van der Waals surface area contributed by atoms with E-state index in [0.717, 1.165) is 29.5 Å². The summed E-state index contributed by atoms with van der Waals surface area (Å²) < 4.78 is 24.6. The molecule has 2 aromatic carbocycles. The fourth-order valence-electron chi connectivity index (χ4n) is 3.06. The number of ether oxygens (including phenoxy) is 2. The summed E-state index contributed by atoms with van der Waals surface area (Å²) in [7, 11) is 0. The highest BCUT2D eigenvalue weighted by Crippen LogP contribution is 2.31. The van der Waals surface area contributed by atoms with Crippen molar-refractivity contribution in [1.29, 1.82) is 0 Å². The molecular formula is C20H23FO5. The van der Waals surface area contributed by atoms with Crippen LogP contribution in [0.2, 0.25) is 0 Å². The van der Waals surface area contributed by atoms with E-state index in [1.54, 1.807) is 18.2 Å². The van der Waals surface area contributed by atoms with Gasteiger partial charge < -0.3 is 24.8 Å². The second-order valence-corrected chi connectivity index (χ2v) is 6.45. The molecular weight excluding hydrogens is 339 g/mol. The molecule has 0 aromatic heterocycles. The van der Waals surface area contributed by atoms with Crippen molar-refractivity contribution in [2.24, 2.45) is 0 Å². The Labute approximate surface area is 151 Å². The zero-order valence-electron chi connectivity index (χ0n) is 14.5. The summed E-state index contributed by atoms with van der Waals surface area (Å²) in [5, 5.41) is 29.3. The van der Waals surface area contributed by atoms with Gasteiger partial charge in [-0.15, -0.1) is 0 Å². The quantitative estimate of drug-likeness (QED) is 0.760. The Hall–Kier alpha value is -1.99. The summed E-state index contributed by atoms with van der Waals surface area (Å²) in [6, 6.07) is 11.8. The van der Waals surface area contributed by atoms with E-state index in [-0.39, 0.29) is 12.4 Å². The Morgan fingerprint density at radius 2 is 1.92 bits per heavy atom. The minimum atomic E-state index is -1.37. The highest BCUT2D eigenvalue weighted by molar-refractivity contribution is 5.69.